The molecule has 1 aliphatic rings. The molecule has 2 amide bonds. The van der Waals surface area contributed by atoms with Crippen molar-refractivity contribution >= 4 is 52.3 Å². The Morgan fingerprint density at radius 1 is 1.10 bits per heavy atom. The van der Waals surface area contributed by atoms with Crippen LogP contribution in [0.4, 0.5) is 11.6 Å². The summed E-state index contributed by atoms with van der Waals surface area (Å²) in [5.74, 6) is -3.95. The highest BCUT2D eigenvalue weighted by molar-refractivity contribution is 6.01. The summed E-state index contributed by atoms with van der Waals surface area (Å²) in [7, 11) is 0. The molecule has 208 valence electrons. The average molecular weight is 553 g/mol. The van der Waals surface area contributed by atoms with Gasteiger partial charge in [-0.3, -0.25) is 34.3 Å². The summed E-state index contributed by atoms with van der Waals surface area (Å²) >= 11 is 0. The van der Waals surface area contributed by atoms with E-state index in [1.165, 1.54) is 6.20 Å². The van der Waals surface area contributed by atoms with E-state index in [0.29, 0.717) is 22.0 Å². The maximum atomic E-state index is 12.6. The van der Waals surface area contributed by atoms with Crippen LogP contribution >= 0.6 is 0 Å². The minimum Gasteiger partial charge on any atom is -0.480 e. The minimum atomic E-state index is -1.29. The fourth-order valence-electron chi connectivity index (χ4n) is 3.72. The van der Waals surface area contributed by atoms with Crippen LogP contribution in [-0.2, 0) is 30.6 Å². The fourth-order valence-corrected chi connectivity index (χ4v) is 3.72. The van der Waals surface area contributed by atoms with Gasteiger partial charge in [-0.25, -0.2) is 14.8 Å². The third-order valence-electron chi connectivity index (χ3n) is 5.81. The van der Waals surface area contributed by atoms with Gasteiger partial charge < -0.3 is 21.0 Å². The summed E-state index contributed by atoms with van der Waals surface area (Å²) in [6.07, 6.45) is 0.721. The van der Waals surface area contributed by atoms with Crippen molar-refractivity contribution in [3.63, 3.8) is 0 Å². The van der Waals surface area contributed by atoms with Gasteiger partial charge >= 0.3 is 11.9 Å². The lowest BCUT2D eigenvalue weighted by Gasteiger charge is -2.15. The van der Waals surface area contributed by atoms with E-state index in [-0.39, 0.29) is 55.2 Å². The summed E-state index contributed by atoms with van der Waals surface area (Å²) in [6.45, 7) is -0.0912. The van der Waals surface area contributed by atoms with Crippen LogP contribution < -0.4 is 21.9 Å². The highest BCUT2D eigenvalue weighted by Crippen LogP contribution is 2.14. The van der Waals surface area contributed by atoms with E-state index < -0.39 is 41.8 Å². The van der Waals surface area contributed by atoms with E-state index in [0.717, 1.165) is 0 Å². The van der Waals surface area contributed by atoms with Crippen LogP contribution in [0.5, 0.6) is 0 Å². The maximum Gasteiger partial charge on any atom is 0.333 e. The van der Waals surface area contributed by atoms with E-state index in [1.54, 1.807) is 24.3 Å². The molecule has 0 bridgehead atoms. The third kappa shape index (κ3) is 6.79. The first-order chi connectivity index (χ1) is 19.1. The number of aromatic nitrogens is 4. The van der Waals surface area contributed by atoms with Crippen LogP contribution in [0.15, 0.2) is 35.3 Å². The van der Waals surface area contributed by atoms with Gasteiger partial charge in [0.15, 0.2) is 16.9 Å². The zero-order valence-electron chi connectivity index (χ0n) is 20.9. The summed E-state index contributed by atoms with van der Waals surface area (Å²) in [6, 6.07) is 5.13. The molecule has 4 rings (SSSR count). The SMILES string of the molecule is Nc1nc2ncc(CNc3ccc(C(=O)CNC(CCC(=O)ON4C(=O)CCC4=O)C(=O)O)cc3)nc2c(=O)[nH]1. The van der Waals surface area contributed by atoms with Crippen LogP contribution in [-0.4, -0.2) is 72.2 Å². The number of nitrogen functional groups attached to an aromatic ring is 1. The van der Waals surface area contributed by atoms with Gasteiger partial charge in [0, 0.05) is 24.1 Å². The molecule has 3 aromatic rings. The van der Waals surface area contributed by atoms with E-state index in [1.807, 2.05) is 0 Å². The van der Waals surface area contributed by atoms with E-state index in [2.05, 4.69) is 30.6 Å². The first kappa shape index (κ1) is 27.8. The number of amides is 2. The molecule has 3 heterocycles. The molecule has 1 atom stereocenters. The van der Waals surface area contributed by atoms with Crippen molar-refractivity contribution in [1.82, 2.24) is 30.3 Å². The molecule has 1 aromatic carbocycles. The van der Waals surface area contributed by atoms with Crippen molar-refractivity contribution in [2.75, 3.05) is 17.6 Å². The number of hydrogen-bond acceptors (Lipinski definition) is 13. The Bertz CT molecular complexity index is 1520. The van der Waals surface area contributed by atoms with Gasteiger partial charge in [0.2, 0.25) is 5.95 Å². The predicted molar refractivity (Wildman–Crippen MR) is 136 cm³/mol. The Hall–Kier alpha value is -5.25. The number of nitrogens with two attached hydrogens (primary N) is 1. The van der Waals surface area contributed by atoms with Crippen LogP contribution in [0.1, 0.15) is 41.7 Å². The molecule has 1 unspecified atom stereocenters. The van der Waals surface area contributed by atoms with Crippen LogP contribution in [0.25, 0.3) is 11.2 Å². The molecule has 0 saturated carbocycles. The molecule has 0 spiro atoms. The van der Waals surface area contributed by atoms with Gasteiger partial charge in [-0.15, -0.1) is 5.06 Å². The Labute approximate surface area is 224 Å². The number of carbonyl (C=O) groups is 5. The average Bonchev–Trinajstić information content (AvgIpc) is 3.24. The molecular formula is C24H24N8O8. The van der Waals surface area contributed by atoms with E-state index in [4.69, 9.17) is 10.6 Å². The zero-order chi connectivity index (χ0) is 28.8. The second-order valence-corrected chi connectivity index (χ2v) is 8.69. The number of carboxylic acid groups (broad SMARTS) is 1. The standard InChI is InChI=1S/C24H24N8O8/c25-24-30-21-20(22(37)31-24)29-14(10-28-21)9-26-13-3-1-12(2-4-13)16(33)11-27-15(23(38)39)5-8-19(36)40-32-17(34)6-7-18(32)35/h1-4,10,15,26-27H,5-9,11H2,(H,38,39)(H3,25,28,30,31,37). The highest BCUT2D eigenvalue weighted by atomic mass is 16.7. The summed E-state index contributed by atoms with van der Waals surface area (Å²) in [4.78, 5) is 90.4. The van der Waals surface area contributed by atoms with Gasteiger partial charge in [0.05, 0.1) is 31.4 Å². The number of carbonyl (C=O) groups excluding carboxylic acids is 4. The van der Waals surface area contributed by atoms with Gasteiger partial charge in [-0.2, -0.15) is 4.98 Å². The number of hydroxylamine groups is 2. The number of imide groups is 1. The van der Waals surface area contributed by atoms with Crippen molar-refractivity contribution in [2.45, 2.75) is 38.3 Å². The van der Waals surface area contributed by atoms with Gasteiger partial charge in [0.1, 0.15) is 6.04 Å². The number of rotatable bonds is 12. The first-order valence-electron chi connectivity index (χ1n) is 12.0. The molecule has 0 aliphatic carbocycles. The molecule has 16 nitrogen and oxygen atoms in total. The van der Waals surface area contributed by atoms with Gasteiger partial charge in [-0.05, 0) is 30.7 Å². The number of ketones is 1. The Balaban J connectivity index is 1.26. The molecule has 6 N–H and O–H groups in total. The van der Waals surface area contributed by atoms with Crippen molar-refractivity contribution in [1.29, 1.82) is 0 Å². The zero-order valence-corrected chi connectivity index (χ0v) is 20.9. The second kappa shape index (κ2) is 12.1. The van der Waals surface area contributed by atoms with Crippen LogP contribution in [0, 0.1) is 0 Å². The molecule has 40 heavy (non-hydrogen) atoms. The lowest BCUT2D eigenvalue weighted by atomic mass is 10.1. The number of aromatic amines is 1. The number of aliphatic carboxylic acids is 1. The van der Waals surface area contributed by atoms with Gasteiger partial charge in [-0.1, -0.05) is 0 Å². The smallest absolute Gasteiger partial charge is 0.333 e. The molecule has 1 fully saturated rings. The largest absolute Gasteiger partial charge is 0.480 e. The number of nitrogens with zero attached hydrogens (tertiary/aromatic N) is 4. The number of fused-ring (bicyclic) bond motifs is 1. The predicted octanol–water partition coefficient (Wildman–Crippen LogP) is -0.480. The monoisotopic (exact) mass is 552 g/mol. The second-order valence-electron chi connectivity index (χ2n) is 8.69. The molecule has 1 aliphatic heterocycles. The number of Topliss-reactive ketones (excluding diaryl/α,β-unsaturated/α-hetero) is 1. The van der Waals surface area contributed by atoms with E-state index >= 15 is 0 Å². The molecule has 16 heteroatoms. The number of carboxylic acids is 1. The van der Waals surface area contributed by atoms with Crippen molar-refractivity contribution < 1.29 is 33.9 Å². The van der Waals surface area contributed by atoms with Crippen LogP contribution in [0.3, 0.4) is 0 Å². The first-order valence-corrected chi connectivity index (χ1v) is 12.0. The molecular weight excluding hydrogens is 528 g/mol. The minimum absolute atomic E-state index is 0.0512. The number of nitrogens with one attached hydrogen (secondary N) is 3. The lowest BCUT2D eigenvalue weighted by molar-refractivity contribution is -0.197. The summed E-state index contributed by atoms with van der Waals surface area (Å²) in [5, 5.41) is 15.5. The third-order valence-corrected chi connectivity index (χ3v) is 5.81. The lowest BCUT2D eigenvalue weighted by Crippen LogP contribution is -2.40. The Morgan fingerprint density at radius 2 is 1.80 bits per heavy atom. The molecule has 1 saturated heterocycles. The Kier molecular flexibility index (Phi) is 8.39. The topological polar surface area (TPSA) is 240 Å². The molecule has 2 aromatic heterocycles. The number of benzene rings is 1. The molecule has 0 radical (unpaired) electrons. The summed E-state index contributed by atoms with van der Waals surface area (Å²) in [5.41, 5.74) is 6.60. The Morgan fingerprint density at radius 3 is 2.48 bits per heavy atom. The highest BCUT2D eigenvalue weighted by Gasteiger charge is 2.33. The quantitative estimate of drug-likeness (QED) is 0.141. The normalized spacial score (nSPS) is 13.8. The number of hydrogen-bond donors (Lipinski definition) is 5. The van der Waals surface area contributed by atoms with Crippen molar-refractivity contribution in [3.8, 4) is 0 Å². The van der Waals surface area contributed by atoms with Crippen LogP contribution in [0.2, 0.25) is 0 Å². The number of anilines is 2. The van der Waals surface area contributed by atoms with Crippen molar-refractivity contribution in [2.24, 2.45) is 0 Å². The van der Waals surface area contributed by atoms with E-state index in [9.17, 15) is 33.9 Å². The maximum absolute atomic E-state index is 12.6. The van der Waals surface area contributed by atoms with Crippen molar-refractivity contribution in [3.05, 3.63) is 52.1 Å². The summed E-state index contributed by atoms with van der Waals surface area (Å²) < 4.78 is 0. The number of H-pyrrole nitrogens is 1. The fraction of sp³-hybridized carbons (Fsp3) is 0.292. The van der Waals surface area contributed by atoms with Gasteiger partial charge in [0.25, 0.3) is 17.4 Å².